The standard InChI is InChI=1S/C20H17Cl2N3O3/c1-3-18-16(11-23-25(18)14-6-4-5-12(21)9-14)19(26)24-13-7-8-17(22)15(10-13)20(27)28-2/h4-11H,3H2,1-2H3,(H,24,26). The van der Waals surface area contributed by atoms with Crippen LogP contribution in [0, 0.1) is 0 Å². The Kier molecular flexibility index (Phi) is 6.02. The highest BCUT2D eigenvalue weighted by molar-refractivity contribution is 6.33. The Labute approximate surface area is 172 Å². The van der Waals surface area contributed by atoms with Crippen LogP contribution < -0.4 is 5.32 Å². The smallest absolute Gasteiger partial charge is 0.339 e. The van der Waals surface area contributed by atoms with Gasteiger partial charge in [0.05, 0.1) is 40.8 Å². The van der Waals surface area contributed by atoms with Crippen molar-refractivity contribution in [1.29, 1.82) is 0 Å². The monoisotopic (exact) mass is 417 g/mol. The minimum Gasteiger partial charge on any atom is -0.465 e. The third-order valence-corrected chi connectivity index (χ3v) is 4.70. The first kappa shape index (κ1) is 19.9. The molecular weight excluding hydrogens is 401 g/mol. The van der Waals surface area contributed by atoms with Gasteiger partial charge in [0.15, 0.2) is 0 Å². The molecule has 3 aromatic rings. The summed E-state index contributed by atoms with van der Waals surface area (Å²) >= 11 is 12.1. The predicted octanol–water partition coefficient (Wildman–Crippen LogP) is 4.78. The lowest BCUT2D eigenvalue weighted by Gasteiger charge is -2.10. The molecule has 2 aromatic carbocycles. The largest absolute Gasteiger partial charge is 0.465 e. The Balaban J connectivity index is 1.91. The third-order valence-electron chi connectivity index (χ3n) is 4.13. The number of ether oxygens (including phenoxy) is 1. The van der Waals surface area contributed by atoms with Crippen molar-refractivity contribution in [3.8, 4) is 5.69 Å². The van der Waals surface area contributed by atoms with E-state index >= 15 is 0 Å². The molecule has 0 atom stereocenters. The van der Waals surface area contributed by atoms with Crippen LogP contribution in [0.2, 0.25) is 10.0 Å². The lowest BCUT2D eigenvalue weighted by atomic mass is 10.1. The van der Waals surface area contributed by atoms with E-state index in [1.165, 1.54) is 25.4 Å². The van der Waals surface area contributed by atoms with E-state index in [9.17, 15) is 9.59 Å². The van der Waals surface area contributed by atoms with Crippen LogP contribution in [0.15, 0.2) is 48.7 Å². The summed E-state index contributed by atoms with van der Waals surface area (Å²) in [4.78, 5) is 24.6. The number of nitrogens with one attached hydrogen (secondary N) is 1. The molecule has 0 bridgehead atoms. The van der Waals surface area contributed by atoms with Crippen LogP contribution in [0.1, 0.15) is 33.3 Å². The number of esters is 1. The molecule has 0 fully saturated rings. The molecule has 0 aliphatic heterocycles. The maximum absolute atomic E-state index is 12.8. The highest BCUT2D eigenvalue weighted by atomic mass is 35.5. The zero-order valence-electron chi connectivity index (χ0n) is 15.2. The van der Waals surface area contributed by atoms with Gasteiger partial charge in [0.1, 0.15) is 0 Å². The lowest BCUT2D eigenvalue weighted by molar-refractivity contribution is 0.0600. The fourth-order valence-electron chi connectivity index (χ4n) is 2.80. The zero-order chi connectivity index (χ0) is 20.3. The molecule has 1 N–H and O–H groups in total. The lowest BCUT2D eigenvalue weighted by Crippen LogP contribution is -2.15. The molecule has 28 heavy (non-hydrogen) atoms. The number of amides is 1. The van der Waals surface area contributed by atoms with Gasteiger partial charge in [-0.2, -0.15) is 5.10 Å². The topological polar surface area (TPSA) is 73.2 Å². The number of carbonyl (C=O) groups excluding carboxylic acids is 2. The molecule has 6 nitrogen and oxygen atoms in total. The number of carbonyl (C=O) groups is 2. The Morgan fingerprint density at radius 2 is 1.93 bits per heavy atom. The van der Waals surface area contributed by atoms with Gasteiger partial charge in [0.2, 0.25) is 0 Å². The van der Waals surface area contributed by atoms with Crippen molar-refractivity contribution in [3.05, 3.63) is 75.5 Å². The summed E-state index contributed by atoms with van der Waals surface area (Å²) in [5.41, 5.74) is 2.53. The maximum Gasteiger partial charge on any atom is 0.339 e. The average Bonchev–Trinajstić information content (AvgIpc) is 3.13. The number of nitrogens with zero attached hydrogens (tertiary/aromatic N) is 2. The van der Waals surface area contributed by atoms with Crippen molar-refractivity contribution in [2.24, 2.45) is 0 Å². The summed E-state index contributed by atoms with van der Waals surface area (Å²) < 4.78 is 6.38. The summed E-state index contributed by atoms with van der Waals surface area (Å²) in [5.74, 6) is -0.924. The quantitative estimate of drug-likeness (QED) is 0.606. The minimum absolute atomic E-state index is 0.173. The minimum atomic E-state index is -0.580. The normalized spacial score (nSPS) is 10.6. The van der Waals surface area contributed by atoms with Crippen molar-refractivity contribution in [2.45, 2.75) is 13.3 Å². The Morgan fingerprint density at radius 1 is 1.14 bits per heavy atom. The Bertz CT molecular complexity index is 1050. The number of hydrogen-bond donors (Lipinski definition) is 1. The van der Waals surface area contributed by atoms with Gasteiger partial charge in [-0.05, 0) is 42.8 Å². The van der Waals surface area contributed by atoms with Crippen molar-refractivity contribution >= 4 is 40.8 Å². The number of anilines is 1. The second kappa shape index (κ2) is 8.46. The maximum atomic E-state index is 12.8. The van der Waals surface area contributed by atoms with E-state index in [-0.39, 0.29) is 16.5 Å². The first-order chi connectivity index (χ1) is 13.4. The number of halogens is 2. The second-order valence-electron chi connectivity index (χ2n) is 5.89. The van der Waals surface area contributed by atoms with E-state index in [0.717, 1.165) is 11.4 Å². The van der Waals surface area contributed by atoms with Gasteiger partial charge in [0, 0.05) is 10.7 Å². The molecule has 1 heterocycles. The SMILES string of the molecule is CCc1c(C(=O)Nc2ccc(Cl)c(C(=O)OC)c2)cnn1-c1cccc(Cl)c1. The van der Waals surface area contributed by atoms with Crippen LogP contribution in [-0.4, -0.2) is 28.8 Å². The Morgan fingerprint density at radius 3 is 2.61 bits per heavy atom. The van der Waals surface area contributed by atoms with E-state index in [2.05, 4.69) is 10.4 Å². The molecule has 3 rings (SSSR count). The van der Waals surface area contributed by atoms with Crippen LogP contribution in [0.3, 0.4) is 0 Å². The van der Waals surface area contributed by atoms with Crippen molar-refractivity contribution in [1.82, 2.24) is 9.78 Å². The second-order valence-corrected chi connectivity index (χ2v) is 6.73. The molecular formula is C20H17Cl2N3O3. The summed E-state index contributed by atoms with van der Waals surface area (Å²) in [7, 11) is 1.27. The molecule has 0 unspecified atom stereocenters. The fourth-order valence-corrected chi connectivity index (χ4v) is 3.18. The van der Waals surface area contributed by atoms with Gasteiger partial charge in [-0.1, -0.05) is 36.2 Å². The molecule has 8 heteroatoms. The van der Waals surface area contributed by atoms with Gasteiger partial charge in [-0.3, -0.25) is 4.79 Å². The van der Waals surface area contributed by atoms with E-state index in [0.29, 0.717) is 22.7 Å². The van der Waals surface area contributed by atoms with Gasteiger partial charge >= 0.3 is 5.97 Å². The van der Waals surface area contributed by atoms with Crippen LogP contribution in [0.5, 0.6) is 0 Å². The number of methoxy groups -OCH3 is 1. The Hall–Kier alpha value is -2.83. The number of rotatable bonds is 5. The van der Waals surface area contributed by atoms with Crippen LogP contribution in [0.25, 0.3) is 5.69 Å². The average molecular weight is 418 g/mol. The number of hydrogen-bond acceptors (Lipinski definition) is 4. The summed E-state index contributed by atoms with van der Waals surface area (Å²) in [6.45, 7) is 1.94. The van der Waals surface area contributed by atoms with Gasteiger partial charge in [-0.15, -0.1) is 0 Å². The summed E-state index contributed by atoms with van der Waals surface area (Å²) in [5, 5.41) is 7.93. The van der Waals surface area contributed by atoms with E-state index in [4.69, 9.17) is 27.9 Å². The molecule has 144 valence electrons. The summed E-state index contributed by atoms with van der Waals surface area (Å²) in [6.07, 6.45) is 2.09. The molecule has 0 saturated heterocycles. The highest BCUT2D eigenvalue weighted by Gasteiger charge is 2.19. The van der Waals surface area contributed by atoms with Gasteiger partial charge < -0.3 is 10.1 Å². The van der Waals surface area contributed by atoms with E-state index < -0.39 is 5.97 Å². The van der Waals surface area contributed by atoms with Crippen LogP contribution in [-0.2, 0) is 11.2 Å². The van der Waals surface area contributed by atoms with Crippen LogP contribution in [0.4, 0.5) is 5.69 Å². The van der Waals surface area contributed by atoms with Gasteiger partial charge in [-0.25, -0.2) is 9.48 Å². The van der Waals surface area contributed by atoms with E-state index in [1.807, 2.05) is 19.1 Å². The summed E-state index contributed by atoms with van der Waals surface area (Å²) in [6, 6.07) is 11.8. The van der Waals surface area contributed by atoms with Crippen molar-refractivity contribution in [2.75, 3.05) is 12.4 Å². The number of benzene rings is 2. The predicted molar refractivity (Wildman–Crippen MR) is 109 cm³/mol. The molecule has 0 spiro atoms. The van der Waals surface area contributed by atoms with E-state index in [1.54, 1.807) is 22.9 Å². The molecule has 0 radical (unpaired) electrons. The molecule has 0 saturated carbocycles. The first-order valence-electron chi connectivity index (χ1n) is 8.46. The molecule has 1 aromatic heterocycles. The van der Waals surface area contributed by atoms with Crippen molar-refractivity contribution in [3.63, 3.8) is 0 Å². The van der Waals surface area contributed by atoms with Crippen LogP contribution >= 0.6 is 23.2 Å². The zero-order valence-corrected chi connectivity index (χ0v) is 16.7. The molecule has 0 aliphatic rings. The first-order valence-corrected chi connectivity index (χ1v) is 9.22. The number of aromatic nitrogens is 2. The third kappa shape index (κ3) is 4.03. The molecule has 0 aliphatic carbocycles. The van der Waals surface area contributed by atoms with Gasteiger partial charge in [0.25, 0.3) is 5.91 Å². The fraction of sp³-hybridized carbons (Fsp3) is 0.150. The highest BCUT2D eigenvalue weighted by Crippen LogP contribution is 2.23. The van der Waals surface area contributed by atoms with Crippen molar-refractivity contribution < 1.29 is 14.3 Å². The molecule has 1 amide bonds.